The zero-order valence-electron chi connectivity index (χ0n) is 18.0. The van der Waals surface area contributed by atoms with E-state index in [1.165, 1.54) is 32.1 Å². The van der Waals surface area contributed by atoms with Crippen molar-refractivity contribution < 1.29 is 14.3 Å². The van der Waals surface area contributed by atoms with Gasteiger partial charge in [0.05, 0.1) is 18.5 Å². The standard InChI is InChI=1S/C25H31N3O3/c29-24(20-8-10-23(11-9-20)31-18-19-5-2-1-3-6-19)21-12-15-28(16-13-21)25(30)27-22-7-4-14-26-17-22/h4,7-11,14,17,19,21H,1-3,5-6,12-13,15-16,18H2,(H,27,30). The van der Waals surface area contributed by atoms with Crippen LogP contribution >= 0.6 is 0 Å². The molecule has 1 aliphatic carbocycles. The Hall–Kier alpha value is -2.89. The predicted molar refractivity (Wildman–Crippen MR) is 120 cm³/mol. The summed E-state index contributed by atoms with van der Waals surface area (Å²) in [5.41, 5.74) is 1.40. The summed E-state index contributed by atoms with van der Waals surface area (Å²) < 4.78 is 5.95. The molecule has 31 heavy (non-hydrogen) atoms. The highest BCUT2D eigenvalue weighted by Gasteiger charge is 2.28. The first-order valence-corrected chi connectivity index (χ1v) is 11.4. The van der Waals surface area contributed by atoms with Crippen molar-refractivity contribution in [3.8, 4) is 5.75 Å². The molecule has 2 amide bonds. The second kappa shape index (κ2) is 10.4. The molecule has 0 spiro atoms. The van der Waals surface area contributed by atoms with Crippen molar-refractivity contribution in [3.05, 3.63) is 54.4 Å². The van der Waals surface area contributed by atoms with Crippen LogP contribution in [0, 0.1) is 11.8 Å². The average molecular weight is 422 g/mol. The Balaban J connectivity index is 1.24. The summed E-state index contributed by atoms with van der Waals surface area (Å²) in [6, 6.07) is 11.0. The van der Waals surface area contributed by atoms with Gasteiger partial charge in [0.2, 0.25) is 0 Å². The number of Topliss-reactive ketones (excluding diaryl/α,β-unsaturated/α-hetero) is 1. The molecule has 2 heterocycles. The molecule has 6 heteroatoms. The lowest BCUT2D eigenvalue weighted by Gasteiger charge is -2.31. The van der Waals surface area contributed by atoms with E-state index in [4.69, 9.17) is 4.74 Å². The fraction of sp³-hybridized carbons (Fsp3) is 0.480. The fourth-order valence-corrected chi connectivity index (χ4v) is 4.50. The average Bonchev–Trinajstić information content (AvgIpc) is 2.84. The van der Waals surface area contributed by atoms with Crippen LogP contribution in [-0.4, -0.2) is 41.4 Å². The molecule has 2 aromatic rings. The summed E-state index contributed by atoms with van der Waals surface area (Å²) in [6.45, 7) is 1.92. The third-order valence-electron chi connectivity index (χ3n) is 6.42. The summed E-state index contributed by atoms with van der Waals surface area (Å²) in [5.74, 6) is 1.61. The molecule has 2 aliphatic rings. The number of benzene rings is 1. The number of nitrogens with one attached hydrogen (secondary N) is 1. The van der Waals surface area contributed by atoms with Gasteiger partial charge in [-0.15, -0.1) is 0 Å². The molecule has 0 unspecified atom stereocenters. The van der Waals surface area contributed by atoms with E-state index >= 15 is 0 Å². The number of nitrogens with zero attached hydrogens (tertiary/aromatic N) is 2. The Morgan fingerprint density at radius 1 is 1.00 bits per heavy atom. The van der Waals surface area contributed by atoms with Crippen LogP contribution in [0.5, 0.6) is 5.75 Å². The van der Waals surface area contributed by atoms with Crippen molar-refractivity contribution in [3.63, 3.8) is 0 Å². The van der Waals surface area contributed by atoms with E-state index in [0.29, 0.717) is 37.5 Å². The van der Waals surface area contributed by atoms with Crippen LogP contribution in [0.3, 0.4) is 0 Å². The number of carbonyl (C=O) groups is 2. The maximum atomic E-state index is 12.9. The zero-order valence-corrected chi connectivity index (χ0v) is 18.0. The van der Waals surface area contributed by atoms with Crippen molar-refractivity contribution in [2.24, 2.45) is 11.8 Å². The molecular weight excluding hydrogens is 390 g/mol. The fourth-order valence-electron chi connectivity index (χ4n) is 4.50. The van der Waals surface area contributed by atoms with E-state index in [1.54, 1.807) is 23.4 Å². The van der Waals surface area contributed by atoms with Crippen molar-refractivity contribution >= 4 is 17.5 Å². The van der Waals surface area contributed by atoms with E-state index < -0.39 is 0 Å². The lowest BCUT2D eigenvalue weighted by Crippen LogP contribution is -2.42. The second-order valence-corrected chi connectivity index (χ2v) is 8.64. The van der Waals surface area contributed by atoms with Crippen molar-refractivity contribution in [1.82, 2.24) is 9.88 Å². The molecule has 1 aromatic heterocycles. The maximum absolute atomic E-state index is 12.9. The molecule has 164 valence electrons. The Morgan fingerprint density at radius 3 is 2.42 bits per heavy atom. The second-order valence-electron chi connectivity index (χ2n) is 8.64. The number of urea groups is 1. The highest BCUT2D eigenvalue weighted by atomic mass is 16.5. The van der Waals surface area contributed by atoms with Crippen LogP contribution < -0.4 is 10.1 Å². The Kier molecular flexibility index (Phi) is 7.18. The molecule has 0 atom stereocenters. The smallest absolute Gasteiger partial charge is 0.321 e. The third-order valence-corrected chi connectivity index (χ3v) is 6.42. The Labute approximate surface area is 184 Å². The molecule has 2 fully saturated rings. The van der Waals surface area contributed by atoms with Crippen molar-refractivity contribution in [2.45, 2.75) is 44.9 Å². The van der Waals surface area contributed by atoms with Gasteiger partial charge in [0, 0.05) is 30.8 Å². The van der Waals surface area contributed by atoms with Crippen molar-refractivity contribution in [2.75, 3.05) is 25.0 Å². The minimum absolute atomic E-state index is 0.0450. The number of anilines is 1. The number of aromatic nitrogens is 1. The third kappa shape index (κ3) is 5.84. The number of hydrogen-bond donors (Lipinski definition) is 1. The van der Waals surface area contributed by atoms with Crippen LogP contribution in [0.2, 0.25) is 0 Å². The van der Waals surface area contributed by atoms with Crippen LogP contribution in [0.25, 0.3) is 0 Å². The van der Waals surface area contributed by atoms with E-state index in [2.05, 4.69) is 10.3 Å². The number of ketones is 1. The van der Waals surface area contributed by atoms with Gasteiger partial charge in [-0.1, -0.05) is 19.3 Å². The van der Waals surface area contributed by atoms with Gasteiger partial charge in [0.25, 0.3) is 0 Å². The van der Waals surface area contributed by atoms with Gasteiger partial charge in [0.15, 0.2) is 5.78 Å². The Morgan fingerprint density at radius 2 is 1.74 bits per heavy atom. The Bertz CT molecular complexity index is 855. The van der Waals surface area contributed by atoms with E-state index in [0.717, 1.165) is 17.9 Å². The predicted octanol–water partition coefficient (Wildman–Crippen LogP) is 5.17. The van der Waals surface area contributed by atoms with Gasteiger partial charge in [-0.2, -0.15) is 0 Å². The molecular formula is C25H31N3O3. The summed E-state index contributed by atoms with van der Waals surface area (Å²) in [7, 11) is 0. The van der Waals surface area contributed by atoms with Gasteiger partial charge in [-0.05, 0) is 68.0 Å². The zero-order chi connectivity index (χ0) is 21.5. The van der Waals surface area contributed by atoms with Gasteiger partial charge in [-0.3, -0.25) is 9.78 Å². The number of rotatable bonds is 6. The largest absolute Gasteiger partial charge is 0.493 e. The molecule has 1 N–H and O–H groups in total. The monoisotopic (exact) mass is 421 g/mol. The van der Waals surface area contributed by atoms with Crippen LogP contribution in [0.15, 0.2) is 48.8 Å². The molecule has 0 bridgehead atoms. The van der Waals surface area contributed by atoms with E-state index in [-0.39, 0.29) is 17.7 Å². The minimum atomic E-state index is -0.140. The molecule has 1 saturated heterocycles. The number of pyridine rings is 1. The number of piperidine rings is 1. The lowest BCUT2D eigenvalue weighted by atomic mass is 9.89. The van der Waals surface area contributed by atoms with E-state index in [1.807, 2.05) is 30.3 Å². The molecule has 1 saturated carbocycles. The first kappa shape index (κ1) is 21.3. The number of likely N-dealkylation sites (tertiary alicyclic amines) is 1. The van der Waals surface area contributed by atoms with Crippen LogP contribution in [0.1, 0.15) is 55.3 Å². The first-order chi connectivity index (χ1) is 15.2. The molecule has 0 radical (unpaired) electrons. The highest BCUT2D eigenvalue weighted by molar-refractivity contribution is 5.98. The molecule has 4 rings (SSSR count). The number of amides is 2. The topological polar surface area (TPSA) is 71.5 Å². The van der Waals surface area contributed by atoms with Gasteiger partial charge in [0.1, 0.15) is 5.75 Å². The van der Waals surface area contributed by atoms with Crippen LogP contribution in [0.4, 0.5) is 10.5 Å². The lowest BCUT2D eigenvalue weighted by molar-refractivity contribution is 0.0859. The summed E-state index contributed by atoms with van der Waals surface area (Å²) in [4.78, 5) is 31.1. The molecule has 6 nitrogen and oxygen atoms in total. The SMILES string of the molecule is O=C(c1ccc(OCC2CCCCC2)cc1)C1CCN(C(=O)Nc2cccnc2)CC1. The van der Waals surface area contributed by atoms with Crippen molar-refractivity contribution in [1.29, 1.82) is 0 Å². The first-order valence-electron chi connectivity index (χ1n) is 11.4. The summed E-state index contributed by atoms with van der Waals surface area (Å²) >= 11 is 0. The maximum Gasteiger partial charge on any atom is 0.321 e. The number of carbonyl (C=O) groups excluding carboxylic acids is 2. The quantitative estimate of drug-likeness (QED) is 0.654. The van der Waals surface area contributed by atoms with Crippen LogP contribution in [-0.2, 0) is 0 Å². The minimum Gasteiger partial charge on any atom is -0.493 e. The van der Waals surface area contributed by atoms with Gasteiger partial charge < -0.3 is 15.0 Å². The molecule has 1 aromatic carbocycles. The summed E-state index contributed by atoms with van der Waals surface area (Å²) in [5, 5.41) is 2.85. The summed E-state index contributed by atoms with van der Waals surface area (Å²) in [6.07, 6.45) is 11.1. The molecule has 1 aliphatic heterocycles. The van der Waals surface area contributed by atoms with Gasteiger partial charge >= 0.3 is 6.03 Å². The number of hydrogen-bond acceptors (Lipinski definition) is 4. The number of ether oxygens (including phenoxy) is 1. The highest BCUT2D eigenvalue weighted by Crippen LogP contribution is 2.26. The van der Waals surface area contributed by atoms with E-state index in [9.17, 15) is 9.59 Å². The van der Waals surface area contributed by atoms with Gasteiger partial charge in [-0.25, -0.2) is 4.79 Å². The normalized spacial score (nSPS) is 17.9.